The van der Waals surface area contributed by atoms with E-state index in [0.29, 0.717) is 41.8 Å². The smallest absolute Gasteiger partial charge is 0.258 e. The summed E-state index contributed by atoms with van der Waals surface area (Å²) in [5, 5.41) is 3.32. The molecule has 1 atom stereocenters. The number of thiazole rings is 1. The normalized spacial score (nSPS) is 19.3. The van der Waals surface area contributed by atoms with Crippen molar-refractivity contribution in [3.05, 3.63) is 45.9 Å². The van der Waals surface area contributed by atoms with Gasteiger partial charge >= 0.3 is 0 Å². The highest BCUT2D eigenvalue weighted by Crippen LogP contribution is 2.42. The molecule has 0 unspecified atom stereocenters. The molecule has 1 saturated heterocycles. The summed E-state index contributed by atoms with van der Waals surface area (Å²) in [6, 6.07) is 4.16. The molecule has 2 aromatic carbocycles. The van der Waals surface area contributed by atoms with Gasteiger partial charge in [-0.2, -0.15) is 0 Å². The number of nitrogens with one attached hydrogen (secondary N) is 1. The fourth-order valence-corrected chi connectivity index (χ4v) is 5.02. The van der Waals surface area contributed by atoms with E-state index in [-0.39, 0.29) is 40.5 Å². The van der Waals surface area contributed by atoms with Crippen molar-refractivity contribution in [3.8, 4) is 16.9 Å². The first-order valence-electron chi connectivity index (χ1n) is 9.25. The summed E-state index contributed by atoms with van der Waals surface area (Å²) >= 11 is 7.58. The van der Waals surface area contributed by atoms with Crippen LogP contribution < -0.4 is 10.1 Å². The van der Waals surface area contributed by atoms with E-state index in [0.717, 1.165) is 11.3 Å². The lowest BCUT2D eigenvalue weighted by Crippen LogP contribution is -2.54. The number of benzene rings is 2. The third kappa shape index (κ3) is 2.97. The van der Waals surface area contributed by atoms with Crippen molar-refractivity contribution in [1.29, 1.82) is 0 Å². The second-order valence-electron chi connectivity index (χ2n) is 7.04. The number of amides is 1. The predicted molar refractivity (Wildman–Crippen MR) is 108 cm³/mol. The molecule has 1 N–H and O–H groups in total. The zero-order chi connectivity index (χ0) is 20.1. The molecule has 2 aliphatic heterocycles. The van der Waals surface area contributed by atoms with Crippen LogP contribution in [0, 0.1) is 11.6 Å². The van der Waals surface area contributed by atoms with Crippen molar-refractivity contribution in [2.45, 2.75) is 12.5 Å². The first kappa shape index (κ1) is 18.7. The molecule has 3 aromatic rings. The Bertz CT molecular complexity index is 1140. The summed E-state index contributed by atoms with van der Waals surface area (Å²) in [4.78, 5) is 19.1. The summed E-state index contributed by atoms with van der Waals surface area (Å²) in [5.41, 5.74) is 2.37. The maximum atomic E-state index is 15.6. The molecular weight excluding hydrogens is 420 g/mol. The van der Waals surface area contributed by atoms with Crippen molar-refractivity contribution >= 4 is 39.1 Å². The Balaban J connectivity index is 1.69. The SMILES string of the molecule is O=C1c2cc(Cl)c(-c3ccc(F)c4scnc34)c(F)c2OCC[C@H]2CNCCN12. The molecule has 5 rings (SSSR count). The first-order valence-corrected chi connectivity index (χ1v) is 10.5. The van der Waals surface area contributed by atoms with Gasteiger partial charge in [0.25, 0.3) is 5.91 Å². The molecule has 1 amide bonds. The minimum Gasteiger partial charge on any atom is -0.490 e. The maximum absolute atomic E-state index is 15.6. The van der Waals surface area contributed by atoms with Gasteiger partial charge in [0.15, 0.2) is 11.6 Å². The first-order chi connectivity index (χ1) is 14.1. The minimum absolute atomic E-state index is 0.00218. The molecule has 0 saturated carbocycles. The van der Waals surface area contributed by atoms with Crippen LogP contribution in [0.3, 0.4) is 0 Å². The maximum Gasteiger partial charge on any atom is 0.258 e. The summed E-state index contributed by atoms with van der Waals surface area (Å²) in [7, 11) is 0. The monoisotopic (exact) mass is 435 g/mol. The highest BCUT2D eigenvalue weighted by Gasteiger charge is 2.34. The number of hydrogen-bond donors (Lipinski definition) is 1. The topological polar surface area (TPSA) is 54.5 Å². The molecule has 2 aliphatic rings. The van der Waals surface area contributed by atoms with E-state index in [1.54, 1.807) is 4.90 Å². The van der Waals surface area contributed by atoms with Crippen LogP contribution in [0.2, 0.25) is 5.02 Å². The van der Waals surface area contributed by atoms with Crippen LogP contribution in [0.4, 0.5) is 8.78 Å². The molecule has 0 radical (unpaired) electrons. The van der Waals surface area contributed by atoms with E-state index in [9.17, 15) is 9.18 Å². The van der Waals surface area contributed by atoms with E-state index in [1.807, 2.05) is 0 Å². The lowest BCUT2D eigenvalue weighted by atomic mass is 9.98. The lowest BCUT2D eigenvalue weighted by molar-refractivity contribution is 0.0572. The summed E-state index contributed by atoms with van der Waals surface area (Å²) in [5.74, 6) is -1.56. The zero-order valence-corrected chi connectivity index (χ0v) is 16.7. The van der Waals surface area contributed by atoms with Crippen LogP contribution in [0.25, 0.3) is 21.3 Å². The van der Waals surface area contributed by atoms with E-state index in [1.165, 1.54) is 23.7 Å². The number of fused-ring (bicyclic) bond motifs is 3. The molecular formula is C20H16ClF2N3O2S. The van der Waals surface area contributed by atoms with Crippen LogP contribution >= 0.6 is 22.9 Å². The van der Waals surface area contributed by atoms with Gasteiger partial charge in [-0.05, 0) is 18.2 Å². The van der Waals surface area contributed by atoms with Crippen LogP contribution in [0.5, 0.6) is 5.75 Å². The van der Waals surface area contributed by atoms with Gasteiger partial charge in [-0.25, -0.2) is 13.8 Å². The fraction of sp³-hybridized carbons (Fsp3) is 0.300. The second kappa shape index (κ2) is 7.19. The average Bonchev–Trinajstić information content (AvgIpc) is 3.21. The highest BCUT2D eigenvalue weighted by molar-refractivity contribution is 7.16. The number of piperazine rings is 1. The lowest BCUT2D eigenvalue weighted by Gasteiger charge is -2.38. The van der Waals surface area contributed by atoms with E-state index < -0.39 is 11.6 Å². The number of hydrogen-bond acceptors (Lipinski definition) is 5. The third-order valence-corrected chi connectivity index (χ3v) is 6.55. The van der Waals surface area contributed by atoms with Gasteiger partial charge in [-0.15, -0.1) is 11.3 Å². The predicted octanol–water partition coefficient (Wildman–Crippen LogP) is 4.09. The number of aromatic nitrogens is 1. The van der Waals surface area contributed by atoms with Crippen molar-refractivity contribution in [3.63, 3.8) is 0 Å². The van der Waals surface area contributed by atoms with Crippen LogP contribution in [-0.2, 0) is 0 Å². The fourth-order valence-electron chi connectivity index (χ4n) is 4.01. The Hall–Kier alpha value is -2.29. The summed E-state index contributed by atoms with van der Waals surface area (Å²) < 4.78 is 35.7. The molecule has 150 valence electrons. The Morgan fingerprint density at radius 1 is 1.31 bits per heavy atom. The number of rotatable bonds is 1. The Morgan fingerprint density at radius 2 is 2.17 bits per heavy atom. The number of carbonyl (C=O) groups is 1. The van der Waals surface area contributed by atoms with Gasteiger partial charge in [-0.1, -0.05) is 11.6 Å². The molecule has 0 bridgehead atoms. The van der Waals surface area contributed by atoms with Crippen molar-refractivity contribution in [2.75, 3.05) is 26.2 Å². The molecule has 5 nitrogen and oxygen atoms in total. The molecule has 29 heavy (non-hydrogen) atoms. The Kier molecular flexibility index (Phi) is 4.64. The van der Waals surface area contributed by atoms with Crippen molar-refractivity contribution in [1.82, 2.24) is 15.2 Å². The molecule has 0 spiro atoms. The van der Waals surface area contributed by atoms with Crippen LogP contribution in [0.1, 0.15) is 16.8 Å². The Labute approximate surface area is 174 Å². The van der Waals surface area contributed by atoms with E-state index >= 15 is 4.39 Å². The van der Waals surface area contributed by atoms with E-state index in [4.69, 9.17) is 16.3 Å². The van der Waals surface area contributed by atoms with E-state index in [2.05, 4.69) is 10.3 Å². The van der Waals surface area contributed by atoms with Crippen molar-refractivity contribution < 1.29 is 18.3 Å². The van der Waals surface area contributed by atoms with Gasteiger partial charge in [-0.3, -0.25) is 4.79 Å². The van der Waals surface area contributed by atoms with Crippen molar-refractivity contribution in [2.24, 2.45) is 0 Å². The molecule has 9 heteroatoms. The molecule has 0 aliphatic carbocycles. The van der Waals surface area contributed by atoms with Gasteiger partial charge in [0.05, 0.1) is 32.9 Å². The quantitative estimate of drug-likeness (QED) is 0.625. The van der Waals surface area contributed by atoms with Crippen LogP contribution in [-0.4, -0.2) is 48.1 Å². The molecule has 3 heterocycles. The number of nitrogens with zero attached hydrogens (tertiary/aromatic N) is 2. The zero-order valence-electron chi connectivity index (χ0n) is 15.2. The largest absolute Gasteiger partial charge is 0.490 e. The molecule has 1 aromatic heterocycles. The highest BCUT2D eigenvalue weighted by atomic mass is 35.5. The third-order valence-electron chi connectivity index (χ3n) is 5.42. The number of ether oxygens (including phenoxy) is 1. The number of carbonyl (C=O) groups excluding carboxylic acids is 1. The summed E-state index contributed by atoms with van der Waals surface area (Å²) in [6.07, 6.45) is 0.600. The van der Waals surface area contributed by atoms with Gasteiger partial charge in [0.2, 0.25) is 0 Å². The van der Waals surface area contributed by atoms with Crippen LogP contribution in [0.15, 0.2) is 23.7 Å². The number of halogens is 3. The Morgan fingerprint density at radius 3 is 3.03 bits per heavy atom. The van der Waals surface area contributed by atoms with Gasteiger partial charge in [0, 0.05) is 43.2 Å². The average molecular weight is 436 g/mol. The molecule has 1 fully saturated rings. The van der Waals surface area contributed by atoms with Gasteiger partial charge < -0.3 is 15.0 Å². The second-order valence-corrected chi connectivity index (χ2v) is 8.30. The van der Waals surface area contributed by atoms with Gasteiger partial charge in [0.1, 0.15) is 5.82 Å². The standard InChI is InChI=1S/C20H16ClF2N3O2S/c21-13-7-12-18(28-6-3-10-8-24-4-5-26(10)20(12)27)16(23)15(13)11-1-2-14(22)19-17(11)25-9-29-19/h1-2,7,9-10,24H,3-6,8H2/t10-/m0/s1. The summed E-state index contributed by atoms with van der Waals surface area (Å²) in [6.45, 7) is 2.18. The minimum atomic E-state index is -0.727.